The van der Waals surface area contributed by atoms with E-state index in [1.807, 2.05) is 32.4 Å². The molecule has 2 aliphatic heterocycles. The molecule has 2 saturated heterocycles. The Balaban J connectivity index is 1.26. The van der Waals surface area contributed by atoms with Crippen LogP contribution in [0, 0.1) is 13.8 Å². The summed E-state index contributed by atoms with van der Waals surface area (Å²) in [6, 6.07) is 10.6. The van der Waals surface area contributed by atoms with Gasteiger partial charge in [0.25, 0.3) is 5.91 Å². The molecule has 3 amide bonds. The number of carbonyl (C=O) groups is 2. The first-order chi connectivity index (χ1) is 16.0. The minimum atomic E-state index is 0.0579. The zero-order chi connectivity index (χ0) is 22.9. The number of hydrogen-bond donors (Lipinski definition) is 0. The molecule has 5 rings (SSSR count). The van der Waals surface area contributed by atoms with Gasteiger partial charge in [0.2, 0.25) is 0 Å². The Morgan fingerprint density at radius 1 is 0.879 bits per heavy atom. The Hall–Kier alpha value is -2.87. The summed E-state index contributed by atoms with van der Waals surface area (Å²) in [5.41, 5.74) is 3.38. The van der Waals surface area contributed by atoms with Crippen LogP contribution >= 0.6 is 11.3 Å². The fraction of sp³-hybridized carbons (Fsp3) is 0.480. The van der Waals surface area contributed by atoms with Gasteiger partial charge in [-0.15, -0.1) is 11.3 Å². The normalized spacial score (nSPS) is 17.1. The van der Waals surface area contributed by atoms with Gasteiger partial charge < -0.3 is 14.7 Å². The van der Waals surface area contributed by atoms with E-state index in [-0.39, 0.29) is 11.9 Å². The largest absolute Gasteiger partial charge is 0.334 e. The highest BCUT2D eigenvalue weighted by atomic mass is 32.1. The van der Waals surface area contributed by atoms with Gasteiger partial charge in [-0.1, -0.05) is 29.8 Å². The van der Waals surface area contributed by atoms with E-state index in [1.54, 1.807) is 0 Å². The molecular formula is C25H31N5O2S. The monoisotopic (exact) mass is 465 g/mol. The number of rotatable bonds is 3. The maximum atomic E-state index is 13.3. The van der Waals surface area contributed by atoms with Gasteiger partial charge in [0.15, 0.2) is 0 Å². The summed E-state index contributed by atoms with van der Waals surface area (Å²) in [4.78, 5) is 33.6. The first-order valence-corrected chi connectivity index (χ1v) is 12.7. The van der Waals surface area contributed by atoms with Crippen molar-refractivity contribution in [2.75, 3.05) is 39.3 Å². The number of amides is 3. The molecule has 0 saturated carbocycles. The van der Waals surface area contributed by atoms with E-state index < -0.39 is 0 Å². The summed E-state index contributed by atoms with van der Waals surface area (Å²) >= 11 is 1.52. The van der Waals surface area contributed by atoms with E-state index in [2.05, 4.69) is 31.2 Å². The highest BCUT2D eigenvalue weighted by Gasteiger charge is 2.29. The molecule has 2 aromatic heterocycles. The summed E-state index contributed by atoms with van der Waals surface area (Å²) in [6.07, 6.45) is 3.40. The van der Waals surface area contributed by atoms with Crippen LogP contribution < -0.4 is 0 Å². The minimum absolute atomic E-state index is 0.0579. The summed E-state index contributed by atoms with van der Waals surface area (Å²) < 4.78 is 2.01. The second kappa shape index (κ2) is 9.17. The van der Waals surface area contributed by atoms with E-state index in [0.717, 1.165) is 46.7 Å². The molecule has 0 spiro atoms. The molecule has 174 valence electrons. The number of thiophene rings is 1. The van der Waals surface area contributed by atoms with Crippen LogP contribution in [0.5, 0.6) is 0 Å². The molecule has 0 unspecified atom stereocenters. The molecule has 3 aromatic rings. The number of hydrogen-bond acceptors (Lipinski definition) is 4. The van der Waals surface area contributed by atoms with Crippen LogP contribution in [0.25, 0.3) is 10.2 Å². The van der Waals surface area contributed by atoms with Crippen molar-refractivity contribution in [1.29, 1.82) is 0 Å². The van der Waals surface area contributed by atoms with Gasteiger partial charge in [0, 0.05) is 44.7 Å². The molecule has 0 aliphatic carbocycles. The van der Waals surface area contributed by atoms with Gasteiger partial charge in [-0.25, -0.2) is 4.79 Å². The summed E-state index contributed by atoms with van der Waals surface area (Å²) in [7, 11) is 0. The molecule has 7 nitrogen and oxygen atoms in total. The highest BCUT2D eigenvalue weighted by molar-refractivity contribution is 7.20. The van der Waals surface area contributed by atoms with Crippen molar-refractivity contribution in [2.24, 2.45) is 0 Å². The van der Waals surface area contributed by atoms with E-state index >= 15 is 0 Å². The molecule has 33 heavy (non-hydrogen) atoms. The van der Waals surface area contributed by atoms with E-state index in [4.69, 9.17) is 5.10 Å². The third-order valence-corrected chi connectivity index (χ3v) is 7.87. The summed E-state index contributed by atoms with van der Waals surface area (Å²) in [6.45, 7) is 8.87. The molecule has 0 bridgehead atoms. The molecule has 1 aromatic carbocycles. The van der Waals surface area contributed by atoms with Crippen LogP contribution in [0.4, 0.5) is 4.79 Å². The van der Waals surface area contributed by atoms with Crippen molar-refractivity contribution < 1.29 is 9.59 Å². The van der Waals surface area contributed by atoms with Crippen LogP contribution in [-0.4, -0.2) is 75.7 Å². The van der Waals surface area contributed by atoms with Gasteiger partial charge in [-0.2, -0.15) is 5.10 Å². The first kappa shape index (κ1) is 21.9. The second-order valence-corrected chi connectivity index (χ2v) is 10.2. The first-order valence-electron chi connectivity index (χ1n) is 11.9. The number of likely N-dealkylation sites (tertiary alicyclic amines) is 1. The second-order valence-electron chi connectivity index (χ2n) is 9.17. The van der Waals surface area contributed by atoms with Crippen molar-refractivity contribution in [3.63, 3.8) is 0 Å². The Labute approximate surface area is 198 Å². The molecule has 0 radical (unpaired) electrons. The average molecular weight is 466 g/mol. The predicted molar refractivity (Wildman–Crippen MR) is 131 cm³/mol. The number of aromatic nitrogens is 2. The summed E-state index contributed by atoms with van der Waals surface area (Å²) in [5, 5.41) is 5.76. The molecule has 2 fully saturated rings. The van der Waals surface area contributed by atoms with Crippen LogP contribution in [-0.2, 0) is 6.54 Å². The van der Waals surface area contributed by atoms with Gasteiger partial charge in [-0.3, -0.25) is 9.48 Å². The lowest BCUT2D eigenvalue weighted by Gasteiger charge is -2.38. The molecule has 2 aliphatic rings. The van der Waals surface area contributed by atoms with E-state index in [9.17, 15) is 9.59 Å². The van der Waals surface area contributed by atoms with E-state index in [1.165, 1.54) is 28.9 Å². The fourth-order valence-corrected chi connectivity index (χ4v) is 5.86. The lowest BCUT2D eigenvalue weighted by molar-refractivity contribution is 0.0637. The standard InChI is InChI=1S/C25H31N5O2S/c1-18-6-8-20(9-7-18)17-30-24-21(19(2)26-30)16-22(33-24)23(31)27-12-14-29(15-13-27)25(32)28-10-4-3-5-11-28/h6-9,16H,3-5,10-15,17H2,1-2H3. The molecule has 0 N–H and O–H groups in total. The Bertz CT molecular complexity index is 1150. The van der Waals surface area contributed by atoms with Crippen LogP contribution in [0.2, 0.25) is 0 Å². The number of benzene rings is 1. The van der Waals surface area contributed by atoms with Gasteiger partial charge in [-0.05, 0) is 44.7 Å². The maximum absolute atomic E-state index is 13.3. The number of carbonyl (C=O) groups excluding carboxylic acids is 2. The fourth-order valence-electron chi connectivity index (χ4n) is 4.73. The van der Waals surface area contributed by atoms with Crippen molar-refractivity contribution in [3.05, 3.63) is 52.0 Å². The van der Waals surface area contributed by atoms with Crippen molar-refractivity contribution in [1.82, 2.24) is 24.5 Å². The van der Waals surface area contributed by atoms with Crippen molar-refractivity contribution in [3.8, 4) is 0 Å². The van der Waals surface area contributed by atoms with Gasteiger partial charge >= 0.3 is 6.03 Å². The van der Waals surface area contributed by atoms with Crippen LogP contribution in [0.1, 0.15) is 45.8 Å². The smallest absolute Gasteiger partial charge is 0.320 e. The quantitative estimate of drug-likeness (QED) is 0.584. The lowest BCUT2D eigenvalue weighted by Crippen LogP contribution is -2.54. The van der Waals surface area contributed by atoms with Crippen LogP contribution in [0.15, 0.2) is 30.3 Å². The third kappa shape index (κ3) is 4.49. The lowest BCUT2D eigenvalue weighted by atomic mass is 10.1. The molecule has 8 heteroatoms. The number of fused-ring (bicyclic) bond motifs is 1. The van der Waals surface area contributed by atoms with Crippen molar-refractivity contribution in [2.45, 2.75) is 39.7 Å². The Morgan fingerprint density at radius 3 is 2.21 bits per heavy atom. The minimum Gasteiger partial charge on any atom is -0.334 e. The number of piperazine rings is 1. The average Bonchev–Trinajstić information content (AvgIpc) is 3.41. The predicted octanol–water partition coefficient (Wildman–Crippen LogP) is 4.13. The maximum Gasteiger partial charge on any atom is 0.320 e. The molecule has 4 heterocycles. The van der Waals surface area contributed by atoms with E-state index in [0.29, 0.717) is 32.7 Å². The number of aryl methyl sites for hydroxylation is 2. The summed E-state index contributed by atoms with van der Waals surface area (Å²) in [5.74, 6) is 0.0579. The zero-order valence-corrected chi connectivity index (χ0v) is 20.2. The topological polar surface area (TPSA) is 61.7 Å². The highest BCUT2D eigenvalue weighted by Crippen LogP contribution is 2.30. The van der Waals surface area contributed by atoms with Crippen LogP contribution in [0.3, 0.4) is 0 Å². The number of urea groups is 1. The Kier molecular flexibility index (Phi) is 6.10. The number of nitrogens with zero attached hydrogens (tertiary/aromatic N) is 5. The van der Waals surface area contributed by atoms with Gasteiger partial charge in [0.1, 0.15) is 4.83 Å². The zero-order valence-electron chi connectivity index (χ0n) is 19.4. The SMILES string of the molecule is Cc1ccc(Cn2nc(C)c3cc(C(=O)N4CCN(C(=O)N5CCCCC5)CC4)sc32)cc1. The number of piperidine rings is 1. The van der Waals surface area contributed by atoms with Gasteiger partial charge in [0.05, 0.1) is 17.1 Å². The third-order valence-electron chi connectivity index (χ3n) is 6.74. The van der Waals surface area contributed by atoms with Crippen molar-refractivity contribution >= 4 is 33.5 Å². The molecule has 0 atom stereocenters. The Morgan fingerprint density at radius 2 is 1.52 bits per heavy atom. The molecular weight excluding hydrogens is 434 g/mol.